The van der Waals surface area contributed by atoms with Crippen LogP contribution in [-0.2, 0) is 4.79 Å². The third kappa shape index (κ3) is 1.02. The van der Waals surface area contributed by atoms with E-state index in [-0.39, 0.29) is 6.67 Å². The van der Waals surface area contributed by atoms with Crippen LogP contribution in [0.2, 0.25) is 0 Å². The van der Waals surface area contributed by atoms with E-state index in [1.807, 2.05) is 0 Å². The van der Waals surface area contributed by atoms with Crippen LogP contribution in [0.4, 0.5) is 9.59 Å². The van der Waals surface area contributed by atoms with E-state index in [2.05, 4.69) is 5.32 Å². The highest BCUT2D eigenvalue weighted by Gasteiger charge is 2.40. The summed E-state index contributed by atoms with van der Waals surface area (Å²) in [6, 6.07) is -0.797. The molecule has 0 unspecified atom stereocenters. The minimum atomic E-state index is -0.399. The second-order valence-corrected chi connectivity index (χ2v) is 2.03. The maximum Gasteiger partial charge on any atom is 0.337 e. The maximum absolute atomic E-state index is 10.8. The van der Waals surface area contributed by atoms with Gasteiger partial charge in [0.05, 0.1) is 0 Å². The molecule has 5 amide bonds. The molecule has 0 saturated carbocycles. The van der Waals surface area contributed by atoms with Crippen LogP contribution in [-0.4, -0.2) is 42.0 Å². The van der Waals surface area contributed by atoms with Gasteiger partial charge in [0.15, 0.2) is 0 Å². The van der Waals surface area contributed by atoms with Crippen molar-refractivity contribution in [2.24, 2.45) is 0 Å². The van der Waals surface area contributed by atoms with Crippen LogP contribution in [0.25, 0.3) is 0 Å². The number of carbonyl (C=O) groups excluding carboxylic acids is 3. The second-order valence-electron chi connectivity index (χ2n) is 2.03. The van der Waals surface area contributed by atoms with Crippen LogP contribution in [0.15, 0.2) is 0 Å². The van der Waals surface area contributed by atoms with Gasteiger partial charge in [0.2, 0.25) is 6.41 Å². The van der Waals surface area contributed by atoms with Gasteiger partial charge in [0.1, 0.15) is 6.67 Å². The Morgan fingerprint density at radius 2 is 2.00 bits per heavy atom. The van der Waals surface area contributed by atoms with Crippen molar-refractivity contribution in [2.45, 2.75) is 0 Å². The van der Waals surface area contributed by atoms with Crippen LogP contribution in [0, 0.1) is 0 Å². The topological polar surface area (TPSA) is 69.7 Å². The number of nitrogens with one attached hydrogen (secondary N) is 1. The summed E-state index contributed by atoms with van der Waals surface area (Å²) in [6.45, 7) is -0.0501. The lowest BCUT2D eigenvalue weighted by molar-refractivity contribution is -0.109. The summed E-state index contributed by atoms with van der Waals surface area (Å²) < 4.78 is 0. The number of nitrogens with zero attached hydrogens (tertiary/aromatic N) is 2. The number of hydrogen-bond donors (Lipinski definition) is 1. The molecule has 1 fully saturated rings. The van der Waals surface area contributed by atoms with E-state index in [1.165, 1.54) is 7.05 Å². The monoisotopic (exact) mass is 157 g/mol. The summed E-state index contributed by atoms with van der Waals surface area (Å²) in [7, 11) is 1.38. The molecule has 6 heteroatoms. The molecule has 6 nitrogen and oxygen atoms in total. The standard InChI is InChI=1S/C5H7N3O3/c1-7-4(10)8(5(7)11)2-6-3-9/h3H,2H2,1H3,(H,6,9). The van der Waals surface area contributed by atoms with Crippen molar-refractivity contribution in [2.75, 3.05) is 13.7 Å². The Kier molecular flexibility index (Phi) is 1.75. The highest BCUT2D eigenvalue weighted by Crippen LogP contribution is 2.10. The number of amides is 5. The molecular formula is C5H7N3O3. The van der Waals surface area contributed by atoms with Crippen LogP contribution < -0.4 is 5.32 Å². The van der Waals surface area contributed by atoms with E-state index in [4.69, 9.17) is 0 Å². The van der Waals surface area contributed by atoms with E-state index in [9.17, 15) is 14.4 Å². The minimum absolute atomic E-state index is 0.0501. The summed E-state index contributed by atoms with van der Waals surface area (Å²) >= 11 is 0. The number of urea groups is 2. The van der Waals surface area contributed by atoms with Crippen molar-refractivity contribution in [3.05, 3.63) is 0 Å². The van der Waals surface area contributed by atoms with Gasteiger partial charge in [-0.2, -0.15) is 0 Å². The molecule has 0 aromatic heterocycles. The van der Waals surface area contributed by atoms with Crippen molar-refractivity contribution in [3.8, 4) is 0 Å². The predicted octanol–water partition coefficient (Wildman–Crippen LogP) is -0.823. The third-order valence-electron chi connectivity index (χ3n) is 1.37. The zero-order chi connectivity index (χ0) is 8.43. The zero-order valence-electron chi connectivity index (χ0n) is 5.90. The predicted molar refractivity (Wildman–Crippen MR) is 34.5 cm³/mol. The Morgan fingerprint density at radius 3 is 2.45 bits per heavy atom. The number of rotatable bonds is 3. The lowest BCUT2D eigenvalue weighted by atomic mass is 10.5. The fourth-order valence-corrected chi connectivity index (χ4v) is 0.745. The molecule has 1 rings (SSSR count). The van der Waals surface area contributed by atoms with Gasteiger partial charge < -0.3 is 5.32 Å². The van der Waals surface area contributed by atoms with Gasteiger partial charge in [0, 0.05) is 7.05 Å². The average Bonchev–Trinajstić information content (AvgIpc) is 2.04. The molecule has 1 N–H and O–H groups in total. The van der Waals surface area contributed by atoms with Crippen molar-refractivity contribution >= 4 is 18.5 Å². The molecule has 0 radical (unpaired) electrons. The van der Waals surface area contributed by atoms with Crippen LogP contribution in [0.1, 0.15) is 0 Å². The van der Waals surface area contributed by atoms with E-state index in [1.54, 1.807) is 0 Å². The average molecular weight is 157 g/mol. The normalized spacial score (nSPS) is 16.5. The Labute approximate surface area is 62.7 Å². The zero-order valence-corrected chi connectivity index (χ0v) is 5.90. The lowest BCUT2D eigenvalue weighted by Gasteiger charge is -2.35. The molecule has 0 aromatic carbocycles. The first-order valence-electron chi connectivity index (χ1n) is 2.94. The largest absolute Gasteiger partial charge is 0.340 e. The molecule has 1 saturated heterocycles. The highest BCUT2D eigenvalue weighted by molar-refractivity contribution is 6.11. The van der Waals surface area contributed by atoms with E-state index in [0.717, 1.165) is 9.80 Å². The van der Waals surface area contributed by atoms with E-state index < -0.39 is 12.1 Å². The van der Waals surface area contributed by atoms with E-state index >= 15 is 0 Å². The third-order valence-corrected chi connectivity index (χ3v) is 1.37. The van der Waals surface area contributed by atoms with Gasteiger partial charge in [-0.1, -0.05) is 0 Å². The summed E-state index contributed by atoms with van der Waals surface area (Å²) in [4.78, 5) is 33.2. The molecule has 0 aliphatic carbocycles. The Morgan fingerprint density at radius 1 is 1.45 bits per heavy atom. The molecule has 0 atom stereocenters. The van der Waals surface area contributed by atoms with Gasteiger partial charge in [0.25, 0.3) is 0 Å². The van der Waals surface area contributed by atoms with Crippen molar-refractivity contribution in [1.82, 2.24) is 15.1 Å². The molecule has 60 valence electrons. The van der Waals surface area contributed by atoms with Gasteiger partial charge in [-0.15, -0.1) is 0 Å². The Hall–Kier alpha value is -1.59. The first-order valence-corrected chi connectivity index (χ1v) is 2.94. The van der Waals surface area contributed by atoms with Gasteiger partial charge in [-0.3, -0.25) is 4.79 Å². The van der Waals surface area contributed by atoms with Crippen molar-refractivity contribution in [3.63, 3.8) is 0 Å². The molecule has 1 heterocycles. The van der Waals surface area contributed by atoms with E-state index in [0.29, 0.717) is 6.41 Å². The lowest BCUT2D eigenvalue weighted by Crippen LogP contribution is -2.63. The molecule has 0 spiro atoms. The first kappa shape index (κ1) is 7.52. The van der Waals surface area contributed by atoms with Gasteiger partial charge in [-0.25, -0.2) is 19.4 Å². The second kappa shape index (κ2) is 2.57. The summed E-state index contributed by atoms with van der Waals surface area (Å²) in [5, 5.41) is 2.21. The molecule has 1 aliphatic heterocycles. The number of imide groups is 2. The van der Waals surface area contributed by atoms with Crippen molar-refractivity contribution in [1.29, 1.82) is 0 Å². The molecule has 1 aliphatic rings. The SMILES string of the molecule is CN1C(=O)N(CNC=O)C1=O. The van der Waals surface area contributed by atoms with Crippen LogP contribution in [0.5, 0.6) is 0 Å². The molecule has 11 heavy (non-hydrogen) atoms. The Bertz CT molecular complexity index is 199. The highest BCUT2D eigenvalue weighted by atomic mass is 16.2. The Balaban J connectivity index is 2.43. The molecule has 0 bridgehead atoms. The fourth-order valence-electron chi connectivity index (χ4n) is 0.745. The summed E-state index contributed by atoms with van der Waals surface area (Å²) in [6.07, 6.45) is 0.429. The summed E-state index contributed by atoms with van der Waals surface area (Å²) in [5.74, 6) is 0. The fraction of sp³-hybridized carbons (Fsp3) is 0.400. The molecular weight excluding hydrogens is 150 g/mol. The van der Waals surface area contributed by atoms with Gasteiger partial charge >= 0.3 is 12.1 Å². The first-order chi connectivity index (χ1) is 5.18. The number of carbonyl (C=O) groups is 3. The van der Waals surface area contributed by atoms with Gasteiger partial charge in [-0.05, 0) is 0 Å². The quantitative estimate of drug-likeness (QED) is 0.544. The maximum atomic E-state index is 10.8. The van der Waals surface area contributed by atoms with Crippen molar-refractivity contribution < 1.29 is 14.4 Å². The minimum Gasteiger partial charge on any atom is -0.340 e. The molecule has 0 aromatic rings. The smallest absolute Gasteiger partial charge is 0.337 e. The summed E-state index contributed by atoms with van der Waals surface area (Å²) in [5.41, 5.74) is 0. The van der Waals surface area contributed by atoms with Crippen LogP contribution in [0.3, 0.4) is 0 Å². The van der Waals surface area contributed by atoms with Crippen LogP contribution >= 0.6 is 0 Å². The number of hydrogen-bond acceptors (Lipinski definition) is 3.